The smallest absolute Gasteiger partial charge is 0.105 e. The molecule has 0 amide bonds. The van der Waals surface area contributed by atoms with E-state index in [1.807, 2.05) is 6.07 Å². The van der Waals surface area contributed by atoms with Crippen molar-refractivity contribution in [2.75, 3.05) is 5.75 Å². The van der Waals surface area contributed by atoms with Crippen LogP contribution >= 0.6 is 12.6 Å². The molecule has 0 fully saturated rings. The Balaban J connectivity index is 2.74. The zero-order valence-electron chi connectivity index (χ0n) is 8.17. The van der Waals surface area contributed by atoms with Gasteiger partial charge in [0.15, 0.2) is 0 Å². The van der Waals surface area contributed by atoms with Crippen molar-refractivity contribution in [2.45, 2.75) is 18.6 Å². The number of benzene rings is 1. The molecule has 0 aliphatic heterocycles. The van der Waals surface area contributed by atoms with Gasteiger partial charge < -0.3 is 10.2 Å². The molecule has 1 aromatic carbocycles. The van der Waals surface area contributed by atoms with Gasteiger partial charge in [0.05, 0.1) is 17.7 Å². The molecular weight excluding hydrogens is 210 g/mol. The van der Waals surface area contributed by atoms with E-state index in [-0.39, 0.29) is 0 Å². The van der Waals surface area contributed by atoms with Crippen molar-refractivity contribution in [2.24, 2.45) is 0 Å². The number of thiol groups is 1. The highest BCUT2D eigenvalue weighted by Crippen LogP contribution is 2.19. The summed E-state index contributed by atoms with van der Waals surface area (Å²) >= 11 is 3.98. The average Bonchev–Trinajstić information content (AvgIpc) is 2.28. The van der Waals surface area contributed by atoms with E-state index >= 15 is 0 Å². The van der Waals surface area contributed by atoms with Crippen LogP contribution < -0.4 is 0 Å². The maximum atomic E-state index is 9.72. The molecule has 3 nitrogen and oxygen atoms in total. The lowest BCUT2D eigenvalue weighted by Crippen LogP contribution is -2.18. The molecular formula is C11H13NO2S. The number of hydrogen-bond acceptors (Lipinski definition) is 4. The fourth-order valence-electron chi connectivity index (χ4n) is 1.27. The number of aliphatic hydroxyl groups excluding tert-OH is 2. The van der Waals surface area contributed by atoms with Crippen molar-refractivity contribution in [3.63, 3.8) is 0 Å². The average molecular weight is 223 g/mol. The van der Waals surface area contributed by atoms with Crippen molar-refractivity contribution in [1.29, 1.82) is 5.26 Å². The maximum absolute atomic E-state index is 9.72. The van der Waals surface area contributed by atoms with Gasteiger partial charge in [0, 0.05) is 0 Å². The lowest BCUT2D eigenvalue weighted by Gasteiger charge is -2.17. The monoisotopic (exact) mass is 223 g/mol. The van der Waals surface area contributed by atoms with Gasteiger partial charge >= 0.3 is 0 Å². The molecule has 1 aromatic rings. The molecule has 0 aliphatic carbocycles. The number of hydrogen-bond donors (Lipinski definition) is 3. The van der Waals surface area contributed by atoms with Crippen LogP contribution in [-0.2, 0) is 0 Å². The normalized spacial score (nSPS) is 14.3. The summed E-state index contributed by atoms with van der Waals surface area (Å²) in [6.45, 7) is 0. The Bertz CT molecular complexity index is 345. The summed E-state index contributed by atoms with van der Waals surface area (Å²) in [4.78, 5) is 0. The lowest BCUT2D eigenvalue weighted by atomic mass is 10.0. The molecule has 80 valence electrons. The second kappa shape index (κ2) is 5.76. The first-order valence-electron chi connectivity index (χ1n) is 4.66. The van der Waals surface area contributed by atoms with Crippen LogP contribution in [0.2, 0.25) is 0 Å². The minimum absolute atomic E-state index is 0.435. The highest BCUT2D eigenvalue weighted by atomic mass is 32.1. The molecule has 2 N–H and O–H groups in total. The van der Waals surface area contributed by atoms with E-state index in [0.717, 1.165) is 0 Å². The topological polar surface area (TPSA) is 64.2 Å². The molecule has 15 heavy (non-hydrogen) atoms. The van der Waals surface area contributed by atoms with Gasteiger partial charge in [-0.25, -0.2) is 0 Å². The van der Waals surface area contributed by atoms with E-state index in [9.17, 15) is 10.2 Å². The quantitative estimate of drug-likeness (QED) is 0.674. The number of nitriles is 1. The fourth-order valence-corrected chi connectivity index (χ4v) is 1.53. The van der Waals surface area contributed by atoms with Crippen LogP contribution in [0.5, 0.6) is 0 Å². The summed E-state index contributed by atoms with van der Waals surface area (Å²) < 4.78 is 0. The van der Waals surface area contributed by atoms with Gasteiger partial charge in [-0.15, -0.1) is 0 Å². The van der Waals surface area contributed by atoms with Crippen molar-refractivity contribution < 1.29 is 10.2 Å². The SMILES string of the molecule is N#Cc1ccc(C(O)C(O)CCS)cc1. The Morgan fingerprint density at radius 3 is 2.33 bits per heavy atom. The van der Waals surface area contributed by atoms with Crippen LogP contribution in [0.25, 0.3) is 0 Å². The van der Waals surface area contributed by atoms with Gasteiger partial charge in [0.2, 0.25) is 0 Å². The second-order valence-corrected chi connectivity index (χ2v) is 3.71. The first-order valence-corrected chi connectivity index (χ1v) is 5.29. The van der Waals surface area contributed by atoms with Crippen LogP contribution in [0.15, 0.2) is 24.3 Å². The zero-order chi connectivity index (χ0) is 11.3. The third-order valence-electron chi connectivity index (χ3n) is 2.17. The molecule has 0 aromatic heterocycles. The molecule has 2 unspecified atom stereocenters. The largest absolute Gasteiger partial charge is 0.390 e. The Morgan fingerprint density at radius 1 is 1.27 bits per heavy atom. The Kier molecular flexibility index (Phi) is 4.63. The minimum Gasteiger partial charge on any atom is -0.390 e. The summed E-state index contributed by atoms with van der Waals surface area (Å²) in [7, 11) is 0. The third kappa shape index (κ3) is 3.24. The first kappa shape index (κ1) is 12.1. The second-order valence-electron chi connectivity index (χ2n) is 3.26. The number of nitrogens with zero attached hydrogens (tertiary/aromatic N) is 1. The Morgan fingerprint density at radius 2 is 1.87 bits per heavy atom. The van der Waals surface area contributed by atoms with Gasteiger partial charge in [0.25, 0.3) is 0 Å². The molecule has 2 atom stereocenters. The summed E-state index contributed by atoms with van der Waals surface area (Å²) in [5, 5.41) is 27.8. The number of aliphatic hydroxyl groups is 2. The molecule has 1 rings (SSSR count). The zero-order valence-corrected chi connectivity index (χ0v) is 9.06. The standard InChI is InChI=1S/C11H13NO2S/c12-7-8-1-3-9(4-2-8)11(14)10(13)5-6-15/h1-4,10-11,13-15H,5-6H2. The molecule has 0 heterocycles. The summed E-state index contributed by atoms with van der Waals surface area (Å²) in [5.41, 5.74) is 1.15. The maximum Gasteiger partial charge on any atom is 0.105 e. The first-order chi connectivity index (χ1) is 7.19. The van der Waals surface area contributed by atoms with Gasteiger partial charge in [-0.2, -0.15) is 17.9 Å². The van der Waals surface area contributed by atoms with Crippen LogP contribution in [-0.4, -0.2) is 22.1 Å². The third-order valence-corrected chi connectivity index (χ3v) is 2.43. The fraction of sp³-hybridized carbons (Fsp3) is 0.364. The summed E-state index contributed by atoms with van der Waals surface area (Å²) in [6.07, 6.45) is -1.29. The predicted molar refractivity (Wildman–Crippen MR) is 60.6 cm³/mol. The van der Waals surface area contributed by atoms with E-state index < -0.39 is 12.2 Å². The molecule has 0 aliphatic rings. The van der Waals surface area contributed by atoms with E-state index in [1.165, 1.54) is 0 Å². The lowest BCUT2D eigenvalue weighted by molar-refractivity contribution is 0.0172. The van der Waals surface area contributed by atoms with Crippen LogP contribution in [0.3, 0.4) is 0 Å². The molecule has 0 saturated carbocycles. The van der Waals surface area contributed by atoms with E-state index in [4.69, 9.17) is 5.26 Å². The van der Waals surface area contributed by atoms with Crippen LogP contribution in [0.1, 0.15) is 23.7 Å². The molecule has 0 saturated heterocycles. The molecule has 4 heteroatoms. The highest BCUT2D eigenvalue weighted by molar-refractivity contribution is 7.80. The van der Waals surface area contributed by atoms with Crippen molar-refractivity contribution in [3.05, 3.63) is 35.4 Å². The van der Waals surface area contributed by atoms with Crippen LogP contribution in [0, 0.1) is 11.3 Å². The van der Waals surface area contributed by atoms with Crippen LogP contribution in [0.4, 0.5) is 0 Å². The summed E-state index contributed by atoms with van der Waals surface area (Å²) in [6, 6.07) is 8.51. The van der Waals surface area contributed by atoms with Crippen molar-refractivity contribution in [1.82, 2.24) is 0 Å². The van der Waals surface area contributed by atoms with E-state index in [1.54, 1.807) is 24.3 Å². The molecule has 0 radical (unpaired) electrons. The Labute approximate surface area is 94.4 Å². The summed E-state index contributed by atoms with van der Waals surface area (Å²) in [5.74, 6) is 0.522. The van der Waals surface area contributed by atoms with Gasteiger partial charge in [-0.3, -0.25) is 0 Å². The number of rotatable bonds is 4. The van der Waals surface area contributed by atoms with Crippen molar-refractivity contribution in [3.8, 4) is 6.07 Å². The van der Waals surface area contributed by atoms with E-state index in [0.29, 0.717) is 23.3 Å². The molecule has 0 bridgehead atoms. The predicted octanol–water partition coefficient (Wildman–Crippen LogP) is 1.27. The van der Waals surface area contributed by atoms with Gasteiger partial charge in [0.1, 0.15) is 6.10 Å². The van der Waals surface area contributed by atoms with Gasteiger partial charge in [-0.05, 0) is 29.9 Å². The highest BCUT2D eigenvalue weighted by Gasteiger charge is 2.17. The van der Waals surface area contributed by atoms with Gasteiger partial charge in [-0.1, -0.05) is 12.1 Å². The molecule has 0 spiro atoms. The minimum atomic E-state index is -0.912. The van der Waals surface area contributed by atoms with E-state index in [2.05, 4.69) is 12.6 Å². The Hall–Kier alpha value is -1.02. The van der Waals surface area contributed by atoms with Crippen molar-refractivity contribution >= 4 is 12.6 Å².